The summed E-state index contributed by atoms with van der Waals surface area (Å²) >= 11 is 0. The molecule has 0 rings (SSSR count). The monoisotopic (exact) mass is 196 g/mol. The number of rotatable bonds is 5. The first-order valence-electron chi connectivity index (χ1n) is 3.81. The number of carboxylic acids is 1. The molecule has 0 aliphatic carbocycles. The van der Waals surface area contributed by atoms with E-state index in [1.807, 2.05) is 0 Å². The lowest BCUT2D eigenvalue weighted by Crippen LogP contribution is -2.06. The van der Waals surface area contributed by atoms with Crippen LogP contribution < -0.4 is 0 Å². The summed E-state index contributed by atoms with van der Waals surface area (Å²) in [5.74, 6) is -1.15. The molecule has 0 amide bonds. The number of aliphatic carboxylic acids is 1. The molecular formula is C8H11F3O2. The smallest absolute Gasteiger partial charge is 0.389 e. The molecule has 0 unspecified atom stereocenters. The molecule has 0 radical (unpaired) electrons. The lowest BCUT2D eigenvalue weighted by molar-refractivity contribution is -0.135. The molecule has 0 aliphatic rings. The normalized spacial score (nSPS) is 11.3. The second-order valence-electron chi connectivity index (χ2n) is 2.73. The van der Waals surface area contributed by atoms with Crippen LogP contribution >= 0.6 is 0 Å². The van der Waals surface area contributed by atoms with Crippen LogP contribution in [0.15, 0.2) is 12.2 Å². The Morgan fingerprint density at radius 2 is 1.85 bits per heavy atom. The zero-order valence-electron chi connectivity index (χ0n) is 7.02. The van der Waals surface area contributed by atoms with Crippen LogP contribution in [0.2, 0.25) is 0 Å². The van der Waals surface area contributed by atoms with Gasteiger partial charge in [-0.1, -0.05) is 6.58 Å². The molecule has 0 aromatic carbocycles. The quantitative estimate of drug-likeness (QED) is 0.542. The fraction of sp³-hybridized carbons (Fsp3) is 0.625. The lowest BCUT2D eigenvalue weighted by Gasteiger charge is -2.05. The van der Waals surface area contributed by atoms with Crippen LogP contribution in [-0.2, 0) is 4.79 Å². The molecule has 0 aromatic rings. The van der Waals surface area contributed by atoms with Crippen molar-refractivity contribution in [3.63, 3.8) is 0 Å². The Kier molecular flexibility index (Phi) is 4.51. The van der Waals surface area contributed by atoms with Crippen molar-refractivity contribution in [1.82, 2.24) is 0 Å². The van der Waals surface area contributed by atoms with Crippen LogP contribution in [0, 0.1) is 0 Å². The average Bonchev–Trinajstić information content (AvgIpc) is 1.95. The minimum absolute atomic E-state index is 0.0397. The summed E-state index contributed by atoms with van der Waals surface area (Å²) in [6, 6.07) is 0. The summed E-state index contributed by atoms with van der Waals surface area (Å²) in [7, 11) is 0. The van der Waals surface area contributed by atoms with Crippen molar-refractivity contribution in [2.24, 2.45) is 0 Å². The van der Waals surface area contributed by atoms with E-state index in [1.165, 1.54) is 0 Å². The van der Waals surface area contributed by atoms with E-state index in [2.05, 4.69) is 6.58 Å². The van der Waals surface area contributed by atoms with Gasteiger partial charge < -0.3 is 5.11 Å². The van der Waals surface area contributed by atoms with Crippen LogP contribution in [0.4, 0.5) is 13.2 Å². The van der Waals surface area contributed by atoms with E-state index >= 15 is 0 Å². The fourth-order valence-electron chi connectivity index (χ4n) is 0.771. The van der Waals surface area contributed by atoms with Gasteiger partial charge in [-0.25, -0.2) is 4.79 Å². The molecule has 0 aliphatic heterocycles. The summed E-state index contributed by atoms with van der Waals surface area (Å²) in [5.41, 5.74) is -0.0397. The molecule has 0 saturated carbocycles. The third-order valence-corrected chi connectivity index (χ3v) is 1.49. The maximum absolute atomic E-state index is 11.6. The van der Waals surface area contributed by atoms with Crippen LogP contribution in [-0.4, -0.2) is 17.3 Å². The molecule has 2 nitrogen and oxygen atoms in total. The van der Waals surface area contributed by atoms with E-state index < -0.39 is 18.6 Å². The van der Waals surface area contributed by atoms with Crippen LogP contribution in [0.5, 0.6) is 0 Å². The van der Waals surface area contributed by atoms with Gasteiger partial charge in [-0.2, -0.15) is 13.2 Å². The standard InChI is InChI=1S/C8H11F3O2/c1-6(7(12)13)4-2-3-5-8(9,10)11/h1-5H2,(H,12,13). The van der Waals surface area contributed by atoms with Gasteiger partial charge in [-0.3, -0.25) is 0 Å². The number of halogens is 3. The molecule has 0 saturated heterocycles. The van der Waals surface area contributed by atoms with Gasteiger partial charge >= 0.3 is 12.1 Å². The maximum Gasteiger partial charge on any atom is 0.389 e. The summed E-state index contributed by atoms with van der Waals surface area (Å²) in [6.45, 7) is 3.21. The van der Waals surface area contributed by atoms with Crippen molar-refractivity contribution < 1.29 is 23.1 Å². The molecule has 76 valence electrons. The minimum Gasteiger partial charge on any atom is -0.478 e. The van der Waals surface area contributed by atoms with Gasteiger partial charge in [0.15, 0.2) is 0 Å². The zero-order chi connectivity index (χ0) is 10.5. The molecule has 0 fully saturated rings. The van der Waals surface area contributed by atoms with Gasteiger partial charge in [0.1, 0.15) is 0 Å². The summed E-state index contributed by atoms with van der Waals surface area (Å²) in [6.07, 6.45) is -4.73. The van der Waals surface area contributed by atoms with Crippen molar-refractivity contribution in [3.8, 4) is 0 Å². The van der Waals surface area contributed by atoms with Gasteiger partial charge in [0.25, 0.3) is 0 Å². The lowest BCUT2D eigenvalue weighted by atomic mass is 10.1. The predicted octanol–water partition coefficient (Wildman–Crippen LogP) is 2.75. The highest BCUT2D eigenvalue weighted by Crippen LogP contribution is 2.23. The molecule has 0 atom stereocenters. The van der Waals surface area contributed by atoms with Crippen molar-refractivity contribution in [3.05, 3.63) is 12.2 Å². The first-order valence-corrected chi connectivity index (χ1v) is 3.81. The topological polar surface area (TPSA) is 37.3 Å². The first kappa shape index (κ1) is 12.0. The summed E-state index contributed by atoms with van der Waals surface area (Å²) < 4.78 is 34.8. The first-order chi connectivity index (χ1) is 5.83. The van der Waals surface area contributed by atoms with Crippen molar-refractivity contribution in [2.45, 2.75) is 31.9 Å². The average molecular weight is 196 g/mol. The van der Waals surface area contributed by atoms with Crippen LogP contribution in [0.1, 0.15) is 25.7 Å². The van der Waals surface area contributed by atoms with E-state index in [1.54, 1.807) is 0 Å². The predicted molar refractivity (Wildman–Crippen MR) is 41.3 cm³/mol. The Morgan fingerprint density at radius 1 is 1.31 bits per heavy atom. The van der Waals surface area contributed by atoms with E-state index in [4.69, 9.17) is 5.11 Å². The molecule has 0 bridgehead atoms. The number of hydrogen-bond acceptors (Lipinski definition) is 1. The minimum atomic E-state index is -4.15. The molecule has 0 heterocycles. The Balaban J connectivity index is 3.47. The highest BCUT2D eigenvalue weighted by atomic mass is 19.4. The molecule has 5 heteroatoms. The van der Waals surface area contributed by atoms with Gasteiger partial charge in [-0.05, 0) is 19.3 Å². The summed E-state index contributed by atoms with van der Waals surface area (Å²) in [5, 5.41) is 8.32. The van der Waals surface area contributed by atoms with E-state index in [9.17, 15) is 18.0 Å². The van der Waals surface area contributed by atoms with Gasteiger partial charge in [0.05, 0.1) is 0 Å². The zero-order valence-corrected chi connectivity index (χ0v) is 7.02. The Morgan fingerprint density at radius 3 is 2.23 bits per heavy atom. The van der Waals surface area contributed by atoms with Gasteiger partial charge in [-0.15, -0.1) is 0 Å². The largest absolute Gasteiger partial charge is 0.478 e. The Labute approximate surface area is 74.1 Å². The SMILES string of the molecule is C=C(CCCCC(F)(F)F)C(=O)O. The number of unbranched alkanes of at least 4 members (excludes halogenated alkanes) is 1. The van der Waals surface area contributed by atoms with Gasteiger partial charge in [0.2, 0.25) is 0 Å². The van der Waals surface area contributed by atoms with E-state index in [0.717, 1.165) is 0 Å². The number of alkyl halides is 3. The number of hydrogen-bond donors (Lipinski definition) is 1. The number of carbonyl (C=O) groups is 1. The third kappa shape index (κ3) is 7.36. The Bertz CT molecular complexity index is 196. The second-order valence-corrected chi connectivity index (χ2v) is 2.73. The van der Waals surface area contributed by atoms with Gasteiger partial charge in [0, 0.05) is 12.0 Å². The van der Waals surface area contributed by atoms with Crippen molar-refractivity contribution in [2.75, 3.05) is 0 Å². The molecule has 13 heavy (non-hydrogen) atoms. The van der Waals surface area contributed by atoms with Crippen LogP contribution in [0.3, 0.4) is 0 Å². The Hall–Kier alpha value is -1.00. The maximum atomic E-state index is 11.6. The highest BCUT2D eigenvalue weighted by Gasteiger charge is 2.25. The molecule has 1 N–H and O–H groups in total. The highest BCUT2D eigenvalue weighted by molar-refractivity contribution is 5.85. The second kappa shape index (κ2) is 4.89. The third-order valence-electron chi connectivity index (χ3n) is 1.49. The molecular weight excluding hydrogens is 185 g/mol. The van der Waals surface area contributed by atoms with Crippen LogP contribution in [0.25, 0.3) is 0 Å². The molecule has 0 aromatic heterocycles. The van der Waals surface area contributed by atoms with Crippen molar-refractivity contribution >= 4 is 5.97 Å². The van der Waals surface area contributed by atoms with E-state index in [0.29, 0.717) is 0 Å². The number of carboxylic acid groups (broad SMARTS) is 1. The van der Waals surface area contributed by atoms with E-state index in [-0.39, 0.29) is 24.8 Å². The summed E-state index contributed by atoms with van der Waals surface area (Å²) in [4.78, 5) is 10.2. The molecule has 0 spiro atoms. The van der Waals surface area contributed by atoms with Crippen molar-refractivity contribution in [1.29, 1.82) is 0 Å². The fourth-order valence-corrected chi connectivity index (χ4v) is 0.771.